The van der Waals surface area contributed by atoms with Crippen LogP contribution in [0.3, 0.4) is 0 Å². The molecular weight excluding hydrogens is 316 g/mol. The van der Waals surface area contributed by atoms with Crippen LogP contribution in [0.25, 0.3) is 0 Å². The number of aliphatic hydroxyl groups is 1. The minimum Gasteiger partial charge on any atom is -0.388 e. The Morgan fingerprint density at radius 3 is 2.72 bits per heavy atom. The SMILES string of the molecule is CN(C)CC(C)(O)CNCc1cc(Br)ccc1Cl. The maximum absolute atomic E-state index is 10.1. The highest BCUT2D eigenvalue weighted by molar-refractivity contribution is 9.10. The quantitative estimate of drug-likeness (QED) is 0.838. The highest BCUT2D eigenvalue weighted by atomic mass is 79.9. The molecule has 5 heteroatoms. The van der Waals surface area contributed by atoms with Crippen molar-refractivity contribution in [3.05, 3.63) is 33.3 Å². The third-order valence-electron chi connectivity index (χ3n) is 2.49. The van der Waals surface area contributed by atoms with Crippen LogP contribution in [0.1, 0.15) is 12.5 Å². The number of hydrogen-bond donors (Lipinski definition) is 2. The predicted octanol–water partition coefficient (Wildman–Crippen LogP) is 2.50. The van der Waals surface area contributed by atoms with Crippen LogP contribution in [0.4, 0.5) is 0 Å². The second kappa shape index (κ2) is 6.87. The first-order valence-corrected chi connectivity index (χ1v) is 6.99. The van der Waals surface area contributed by atoms with Gasteiger partial charge in [0.15, 0.2) is 0 Å². The van der Waals surface area contributed by atoms with Crippen LogP contribution < -0.4 is 5.32 Å². The van der Waals surface area contributed by atoms with E-state index in [0.29, 0.717) is 19.6 Å². The number of rotatable bonds is 6. The Morgan fingerprint density at radius 1 is 1.44 bits per heavy atom. The van der Waals surface area contributed by atoms with Gasteiger partial charge in [0.05, 0.1) is 5.60 Å². The first-order chi connectivity index (χ1) is 8.30. The minimum absolute atomic E-state index is 0.522. The van der Waals surface area contributed by atoms with Crippen molar-refractivity contribution in [2.24, 2.45) is 0 Å². The third-order valence-corrected chi connectivity index (χ3v) is 3.35. The van der Waals surface area contributed by atoms with Crippen molar-refractivity contribution in [2.75, 3.05) is 27.2 Å². The molecule has 1 atom stereocenters. The van der Waals surface area contributed by atoms with Crippen LogP contribution in [-0.4, -0.2) is 42.8 Å². The largest absolute Gasteiger partial charge is 0.388 e. The molecule has 18 heavy (non-hydrogen) atoms. The van der Waals surface area contributed by atoms with Crippen LogP contribution in [0.15, 0.2) is 22.7 Å². The van der Waals surface area contributed by atoms with Crippen LogP contribution in [-0.2, 0) is 6.54 Å². The molecular formula is C13H20BrClN2O. The van der Waals surface area contributed by atoms with Gasteiger partial charge in [-0.3, -0.25) is 0 Å². The van der Waals surface area contributed by atoms with E-state index in [4.69, 9.17) is 11.6 Å². The summed E-state index contributed by atoms with van der Waals surface area (Å²) in [7, 11) is 3.89. The molecule has 0 aliphatic heterocycles. The summed E-state index contributed by atoms with van der Waals surface area (Å²) in [5.74, 6) is 0. The van der Waals surface area contributed by atoms with Crippen molar-refractivity contribution >= 4 is 27.5 Å². The summed E-state index contributed by atoms with van der Waals surface area (Å²) < 4.78 is 1.00. The smallest absolute Gasteiger partial charge is 0.0869 e. The molecule has 3 nitrogen and oxygen atoms in total. The van der Waals surface area contributed by atoms with Crippen molar-refractivity contribution in [3.8, 4) is 0 Å². The van der Waals surface area contributed by atoms with Gasteiger partial charge >= 0.3 is 0 Å². The molecule has 0 heterocycles. The van der Waals surface area contributed by atoms with Crippen molar-refractivity contribution < 1.29 is 5.11 Å². The minimum atomic E-state index is -0.748. The summed E-state index contributed by atoms with van der Waals surface area (Å²) in [5.41, 5.74) is 0.272. The Balaban J connectivity index is 2.48. The van der Waals surface area contributed by atoms with E-state index in [0.717, 1.165) is 15.1 Å². The topological polar surface area (TPSA) is 35.5 Å². The Morgan fingerprint density at radius 2 is 2.11 bits per heavy atom. The number of likely N-dealkylation sites (N-methyl/N-ethyl adjacent to an activating group) is 1. The molecule has 1 aromatic carbocycles. The molecule has 0 spiro atoms. The van der Waals surface area contributed by atoms with Crippen LogP contribution >= 0.6 is 27.5 Å². The normalized spacial score (nSPS) is 14.8. The number of hydrogen-bond acceptors (Lipinski definition) is 3. The highest BCUT2D eigenvalue weighted by Gasteiger charge is 2.20. The first-order valence-electron chi connectivity index (χ1n) is 5.82. The molecule has 0 fully saturated rings. The van der Waals surface area contributed by atoms with Crippen LogP contribution in [0.5, 0.6) is 0 Å². The Labute approximate surface area is 122 Å². The maximum Gasteiger partial charge on any atom is 0.0869 e. The molecule has 1 rings (SSSR count). The highest BCUT2D eigenvalue weighted by Crippen LogP contribution is 2.20. The lowest BCUT2D eigenvalue weighted by atomic mass is 10.1. The maximum atomic E-state index is 10.1. The Hall–Kier alpha value is -0.130. The van der Waals surface area contributed by atoms with Gasteiger partial charge in [0.25, 0.3) is 0 Å². The average molecular weight is 336 g/mol. The molecule has 0 radical (unpaired) electrons. The summed E-state index contributed by atoms with van der Waals surface area (Å²) in [6.45, 7) is 3.60. The fraction of sp³-hybridized carbons (Fsp3) is 0.538. The standard InChI is InChI=1S/C13H20BrClN2O/c1-13(18,9-17(2)3)8-16-7-10-6-11(14)4-5-12(10)15/h4-6,16,18H,7-9H2,1-3H3. The molecule has 0 saturated heterocycles. The zero-order valence-corrected chi connectivity index (χ0v) is 13.3. The monoisotopic (exact) mass is 334 g/mol. The molecule has 102 valence electrons. The van der Waals surface area contributed by atoms with Crippen LogP contribution in [0.2, 0.25) is 5.02 Å². The van der Waals surface area contributed by atoms with E-state index >= 15 is 0 Å². The summed E-state index contributed by atoms with van der Waals surface area (Å²) in [6.07, 6.45) is 0. The van der Waals surface area contributed by atoms with E-state index in [9.17, 15) is 5.11 Å². The fourth-order valence-electron chi connectivity index (χ4n) is 1.88. The first kappa shape index (κ1) is 15.9. The lowest BCUT2D eigenvalue weighted by Gasteiger charge is -2.27. The van der Waals surface area contributed by atoms with Gasteiger partial charge in [-0.1, -0.05) is 27.5 Å². The summed E-state index contributed by atoms with van der Waals surface area (Å²) in [5, 5.41) is 14.1. The molecule has 0 aromatic heterocycles. The lowest BCUT2D eigenvalue weighted by Crippen LogP contribution is -2.45. The number of benzene rings is 1. The number of nitrogens with zero attached hydrogens (tertiary/aromatic N) is 1. The van der Waals surface area contributed by atoms with Crippen molar-refractivity contribution in [2.45, 2.75) is 19.1 Å². The van der Waals surface area contributed by atoms with E-state index in [-0.39, 0.29) is 0 Å². The van der Waals surface area contributed by atoms with E-state index in [1.807, 2.05) is 44.1 Å². The third kappa shape index (κ3) is 5.67. The lowest BCUT2D eigenvalue weighted by molar-refractivity contribution is 0.0336. The predicted molar refractivity (Wildman–Crippen MR) is 80.0 cm³/mol. The van der Waals surface area contributed by atoms with E-state index in [2.05, 4.69) is 21.2 Å². The van der Waals surface area contributed by atoms with Crippen LogP contribution in [0, 0.1) is 0 Å². The van der Waals surface area contributed by atoms with Crippen molar-refractivity contribution in [3.63, 3.8) is 0 Å². The van der Waals surface area contributed by atoms with Gasteiger partial charge in [-0.05, 0) is 44.8 Å². The molecule has 1 unspecified atom stereocenters. The molecule has 2 N–H and O–H groups in total. The number of nitrogens with one attached hydrogen (secondary N) is 1. The molecule has 0 saturated carbocycles. The van der Waals surface area contributed by atoms with Gasteiger partial charge in [-0.25, -0.2) is 0 Å². The Kier molecular flexibility index (Phi) is 6.08. The zero-order valence-electron chi connectivity index (χ0n) is 11.0. The molecule has 0 aliphatic carbocycles. The number of halogens is 2. The summed E-state index contributed by atoms with van der Waals surface area (Å²) >= 11 is 9.52. The van der Waals surface area contributed by atoms with Crippen molar-refractivity contribution in [1.29, 1.82) is 0 Å². The zero-order chi connectivity index (χ0) is 13.8. The summed E-state index contributed by atoms with van der Waals surface area (Å²) in [6, 6.07) is 5.75. The van der Waals surface area contributed by atoms with Crippen molar-refractivity contribution in [1.82, 2.24) is 10.2 Å². The van der Waals surface area contributed by atoms with Gasteiger partial charge in [0.1, 0.15) is 0 Å². The molecule has 0 bridgehead atoms. The van der Waals surface area contributed by atoms with Gasteiger partial charge in [0.2, 0.25) is 0 Å². The van der Waals surface area contributed by atoms with Gasteiger partial charge in [-0.15, -0.1) is 0 Å². The van der Waals surface area contributed by atoms with E-state index in [1.54, 1.807) is 0 Å². The molecule has 1 aromatic rings. The second-order valence-corrected chi connectivity index (χ2v) is 6.40. The molecule has 0 aliphatic rings. The van der Waals surface area contributed by atoms with Gasteiger partial charge in [-0.2, -0.15) is 0 Å². The van der Waals surface area contributed by atoms with E-state index in [1.165, 1.54) is 0 Å². The van der Waals surface area contributed by atoms with Gasteiger partial charge < -0.3 is 15.3 Å². The summed E-state index contributed by atoms with van der Waals surface area (Å²) in [4.78, 5) is 1.97. The molecule has 0 amide bonds. The fourth-order valence-corrected chi connectivity index (χ4v) is 2.48. The van der Waals surface area contributed by atoms with E-state index < -0.39 is 5.60 Å². The average Bonchev–Trinajstić information content (AvgIpc) is 2.21. The van der Waals surface area contributed by atoms with Gasteiger partial charge in [0, 0.05) is 29.1 Å². The Bertz CT molecular complexity index is 397. The second-order valence-electron chi connectivity index (χ2n) is 5.07.